The largest absolute Gasteiger partial charge is 0.462 e. The van der Waals surface area contributed by atoms with Crippen molar-refractivity contribution < 1.29 is 9.47 Å². The van der Waals surface area contributed by atoms with Gasteiger partial charge in [0.05, 0.1) is 11.4 Å². The quantitative estimate of drug-likeness (QED) is 0.744. The molecule has 0 amide bonds. The Kier molecular flexibility index (Phi) is 2.73. The minimum absolute atomic E-state index is 0.385. The van der Waals surface area contributed by atoms with Crippen molar-refractivity contribution in [2.24, 2.45) is 0 Å². The van der Waals surface area contributed by atoms with Crippen LogP contribution in [-0.4, -0.2) is 6.23 Å². The van der Waals surface area contributed by atoms with E-state index < -0.39 is 5.72 Å². The molecule has 0 radical (unpaired) electrons. The topological polar surface area (TPSA) is 42.5 Å². The molecule has 2 aliphatic heterocycles. The SMILES string of the molecule is c1ccc(C2(C3Nc4ccccc4O3)Nc3ccccc3O2)cc1. The maximum absolute atomic E-state index is 6.40. The van der Waals surface area contributed by atoms with Gasteiger partial charge < -0.3 is 20.1 Å². The summed E-state index contributed by atoms with van der Waals surface area (Å²) >= 11 is 0. The van der Waals surface area contributed by atoms with Crippen molar-refractivity contribution in [2.75, 3.05) is 10.6 Å². The van der Waals surface area contributed by atoms with Gasteiger partial charge in [-0.3, -0.25) is 0 Å². The predicted molar refractivity (Wildman–Crippen MR) is 93.3 cm³/mol. The van der Waals surface area contributed by atoms with Crippen LogP contribution in [0.15, 0.2) is 78.9 Å². The van der Waals surface area contributed by atoms with E-state index in [4.69, 9.17) is 9.47 Å². The molecule has 2 heterocycles. The molecule has 0 spiro atoms. The van der Waals surface area contributed by atoms with E-state index in [0.717, 1.165) is 28.4 Å². The minimum Gasteiger partial charge on any atom is -0.462 e. The lowest BCUT2D eigenvalue weighted by Gasteiger charge is -2.34. The summed E-state index contributed by atoms with van der Waals surface area (Å²) in [5.74, 6) is 1.65. The van der Waals surface area contributed by atoms with Gasteiger partial charge in [0.15, 0.2) is 0 Å². The Balaban J connectivity index is 1.60. The lowest BCUT2D eigenvalue weighted by Crippen LogP contribution is -2.53. The van der Waals surface area contributed by atoms with Crippen molar-refractivity contribution in [3.05, 3.63) is 84.4 Å². The van der Waals surface area contributed by atoms with Gasteiger partial charge in [0, 0.05) is 5.56 Å². The summed E-state index contributed by atoms with van der Waals surface area (Å²) in [6, 6.07) is 26.0. The second kappa shape index (κ2) is 4.93. The maximum atomic E-state index is 6.40. The highest BCUT2D eigenvalue weighted by molar-refractivity contribution is 5.66. The van der Waals surface area contributed by atoms with E-state index in [0.29, 0.717) is 0 Å². The number of hydrogen-bond acceptors (Lipinski definition) is 4. The molecule has 0 saturated carbocycles. The van der Waals surface area contributed by atoms with E-state index in [1.54, 1.807) is 0 Å². The third-order valence-corrected chi connectivity index (χ3v) is 4.47. The highest BCUT2D eigenvalue weighted by Gasteiger charge is 2.51. The molecule has 5 rings (SSSR count). The maximum Gasteiger partial charge on any atom is 0.263 e. The number of benzene rings is 3. The molecule has 24 heavy (non-hydrogen) atoms. The van der Waals surface area contributed by atoms with Gasteiger partial charge in [-0.2, -0.15) is 0 Å². The fraction of sp³-hybridized carbons (Fsp3) is 0.100. The first kappa shape index (κ1) is 13.3. The Hall–Kier alpha value is -3.14. The number of nitrogens with one attached hydrogen (secondary N) is 2. The van der Waals surface area contributed by atoms with Gasteiger partial charge >= 0.3 is 0 Å². The van der Waals surface area contributed by atoms with Crippen LogP contribution in [0.5, 0.6) is 11.5 Å². The summed E-state index contributed by atoms with van der Waals surface area (Å²) in [5, 5.41) is 6.97. The molecule has 4 heteroatoms. The lowest BCUT2D eigenvalue weighted by molar-refractivity contribution is 0.0111. The van der Waals surface area contributed by atoms with Crippen LogP contribution in [0.2, 0.25) is 0 Å². The molecule has 0 fully saturated rings. The van der Waals surface area contributed by atoms with Crippen molar-refractivity contribution in [1.29, 1.82) is 0 Å². The predicted octanol–water partition coefficient (Wildman–Crippen LogP) is 4.17. The zero-order valence-electron chi connectivity index (χ0n) is 12.9. The van der Waals surface area contributed by atoms with Crippen molar-refractivity contribution in [3.63, 3.8) is 0 Å². The van der Waals surface area contributed by atoms with Gasteiger partial charge in [-0.1, -0.05) is 54.6 Å². The van der Waals surface area contributed by atoms with Gasteiger partial charge in [-0.05, 0) is 24.3 Å². The molecule has 0 saturated heterocycles. The third kappa shape index (κ3) is 1.86. The summed E-state index contributed by atoms with van der Waals surface area (Å²) in [6.07, 6.45) is -0.385. The molecule has 118 valence electrons. The first-order valence-electron chi connectivity index (χ1n) is 7.99. The highest BCUT2D eigenvalue weighted by atomic mass is 16.6. The molecule has 2 unspecified atom stereocenters. The number of ether oxygens (including phenoxy) is 2. The van der Waals surface area contributed by atoms with Gasteiger partial charge in [-0.15, -0.1) is 0 Å². The van der Waals surface area contributed by atoms with Crippen molar-refractivity contribution >= 4 is 11.4 Å². The van der Waals surface area contributed by atoms with Gasteiger partial charge in [-0.25, -0.2) is 0 Å². The van der Waals surface area contributed by atoms with E-state index in [9.17, 15) is 0 Å². The first-order chi connectivity index (χ1) is 11.9. The standard InChI is InChI=1S/C20H16N2O2/c1-2-8-14(9-3-1)20(22-16-11-5-7-13-18(16)24-20)19-21-15-10-4-6-12-17(15)23-19/h1-13,19,21-22H. The Labute approximate surface area is 140 Å². The van der Waals surface area contributed by atoms with Crippen molar-refractivity contribution in [1.82, 2.24) is 0 Å². The van der Waals surface area contributed by atoms with E-state index in [-0.39, 0.29) is 6.23 Å². The molecule has 2 atom stereocenters. The van der Waals surface area contributed by atoms with E-state index >= 15 is 0 Å². The molecule has 2 N–H and O–H groups in total. The first-order valence-corrected chi connectivity index (χ1v) is 7.99. The van der Waals surface area contributed by atoms with Crippen molar-refractivity contribution in [2.45, 2.75) is 12.0 Å². The van der Waals surface area contributed by atoms with Crippen LogP contribution in [0.1, 0.15) is 5.56 Å². The molecule has 0 aromatic heterocycles. The fourth-order valence-electron chi connectivity index (χ4n) is 3.32. The van der Waals surface area contributed by atoms with E-state index in [2.05, 4.69) is 10.6 Å². The van der Waals surface area contributed by atoms with Crippen LogP contribution < -0.4 is 20.1 Å². The molecule has 3 aromatic carbocycles. The summed E-state index contributed by atoms with van der Waals surface area (Å²) in [7, 11) is 0. The lowest BCUT2D eigenvalue weighted by atomic mass is 10.0. The smallest absolute Gasteiger partial charge is 0.263 e. The van der Waals surface area contributed by atoms with Crippen LogP contribution >= 0.6 is 0 Å². The molecule has 0 aliphatic carbocycles. The number of fused-ring (bicyclic) bond motifs is 2. The Morgan fingerprint density at radius 3 is 2.12 bits per heavy atom. The summed E-state index contributed by atoms with van der Waals surface area (Å²) in [4.78, 5) is 0. The van der Waals surface area contributed by atoms with Gasteiger partial charge in [0.2, 0.25) is 6.23 Å². The monoisotopic (exact) mass is 316 g/mol. The van der Waals surface area contributed by atoms with Crippen LogP contribution in [0.3, 0.4) is 0 Å². The zero-order valence-corrected chi connectivity index (χ0v) is 12.9. The zero-order chi connectivity index (χ0) is 16.0. The summed E-state index contributed by atoms with van der Waals surface area (Å²) in [5.41, 5.74) is 2.11. The fourth-order valence-corrected chi connectivity index (χ4v) is 3.32. The molecule has 4 nitrogen and oxygen atoms in total. The normalized spacial score (nSPS) is 23.2. The number of para-hydroxylation sites is 4. The third-order valence-electron chi connectivity index (χ3n) is 4.47. The Morgan fingerprint density at radius 1 is 0.708 bits per heavy atom. The van der Waals surface area contributed by atoms with Gasteiger partial charge in [0.1, 0.15) is 11.5 Å². The van der Waals surface area contributed by atoms with Crippen LogP contribution in [0.25, 0.3) is 0 Å². The van der Waals surface area contributed by atoms with Crippen LogP contribution in [0.4, 0.5) is 11.4 Å². The highest BCUT2D eigenvalue weighted by Crippen LogP contribution is 2.47. The second-order valence-electron chi connectivity index (χ2n) is 5.96. The Morgan fingerprint density at radius 2 is 1.38 bits per heavy atom. The van der Waals surface area contributed by atoms with Gasteiger partial charge in [0.25, 0.3) is 5.72 Å². The van der Waals surface area contributed by atoms with E-state index in [1.165, 1.54) is 0 Å². The molecular formula is C20H16N2O2. The van der Waals surface area contributed by atoms with Crippen molar-refractivity contribution in [3.8, 4) is 11.5 Å². The summed E-state index contributed by atoms with van der Waals surface area (Å²) < 4.78 is 12.6. The van der Waals surface area contributed by atoms with E-state index in [1.807, 2.05) is 78.9 Å². The van der Waals surface area contributed by atoms with Crippen LogP contribution in [-0.2, 0) is 5.72 Å². The summed E-state index contributed by atoms with van der Waals surface area (Å²) in [6.45, 7) is 0. The number of rotatable bonds is 2. The average Bonchev–Trinajstić information content (AvgIpc) is 3.24. The number of hydrogen-bond donors (Lipinski definition) is 2. The second-order valence-corrected chi connectivity index (χ2v) is 5.96. The minimum atomic E-state index is -0.829. The molecule has 2 aliphatic rings. The number of anilines is 2. The molecular weight excluding hydrogens is 300 g/mol. The molecule has 3 aromatic rings. The van der Waals surface area contributed by atoms with Crippen LogP contribution in [0, 0.1) is 0 Å². The Bertz CT molecular complexity index is 845. The average molecular weight is 316 g/mol. The molecule has 0 bridgehead atoms.